The van der Waals surface area contributed by atoms with Crippen molar-refractivity contribution in [1.29, 1.82) is 0 Å². The van der Waals surface area contributed by atoms with Crippen LogP contribution in [0.2, 0.25) is 5.02 Å². The maximum atomic E-state index is 12.1. The Morgan fingerprint density at radius 2 is 1.76 bits per heavy atom. The summed E-state index contributed by atoms with van der Waals surface area (Å²) in [5.74, 6) is 0.0141. The Balaban J connectivity index is 1.88. The fourth-order valence-corrected chi connectivity index (χ4v) is 3.68. The number of amides is 2. The molecule has 1 aliphatic heterocycles. The van der Waals surface area contributed by atoms with Gasteiger partial charge < -0.3 is 9.47 Å². The van der Waals surface area contributed by atoms with Crippen LogP contribution in [0, 0.1) is 3.57 Å². The van der Waals surface area contributed by atoms with Crippen LogP contribution in [0.3, 0.4) is 0 Å². The van der Waals surface area contributed by atoms with E-state index in [0.717, 1.165) is 9.13 Å². The van der Waals surface area contributed by atoms with Crippen molar-refractivity contribution in [2.24, 2.45) is 0 Å². The lowest BCUT2D eigenvalue weighted by Crippen LogP contribution is -2.51. The van der Waals surface area contributed by atoms with Gasteiger partial charge in [0.15, 0.2) is 16.6 Å². The summed E-state index contributed by atoms with van der Waals surface area (Å²) in [4.78, 5) is 24.1. The van der Waals surface area contributed by atoms with Crippen LogP contribution in [0.15, 0.2) is 42.0 Å². The molecule has 0 atom stereocenters. The van der Waals surface area contributed by atoms with E-state index >= 15 is 0 Å². The molecular weight excluding hydrogens is 527 g/mol. The van der Waals surface area contributed by atoms with Gasteiger partial charge in [0.1, 0.15) is 12.2 Å². The van der Waals surface area contributed by atoms with Crippen LogP contribution in [0.5, 0.6) is 11.5 Å². The smallest absolute Gasteiger partial charge is 0.263 e. The van der Waals surface area contributed by atoms with Crippen molar-refractivity contribution in [2.75, 3.05) is 6.61 Å². The van der Waals surface area contributed by atoms with E-state index in [4.69, 9.17) is 33.3 Å². The number of ether oxygens (including phenoxy) is 2. The van der Waals surface area contributed by atoms with Crippen LogP contribution in [-0.4, -0.2) is 23.5 Å². The molecular formula is C20H16ClIN2O4S. The van der Waals surface area contributed by atoms with Gasteiger partial charge in [-0.2, -0.15) is 0 Å². The first-order valence-corrected chi connectivity index (χ1v) is 10.5. The van der Waals surface area contributed by atoms with Gasteiger partial charge in [-0.3, -0.25) is 20.2 Å². The van der Waals surface area contributed by atoms with E-state index in [9.17, 15) is 9.59 Å². The number of benzene rings is 2. The largest absolute Gasteiger partial charge is 0.490 e. The maximum Gasteiger partial charge on any atom is 0.263 e. The zero-order valence-electron chi connectivity index (χ0n) is 15.3. The lowest BCUT2D eigenvalue weighted by atomic mass is 10.1. The van der Waals surface area contributed by atoms with Crippen molar-refractivity contribution in [3.05, 3.63) is 61.7 Å². The van der Waals surface area contributed by atoms with Crippen LogP contribution in [0.1, 0.15) is 18.1 Å². The fraction of sp³-hybridized carbons (Fsp3) is 0.150. The van der Waals surface area contributed by atoms with Gasteiger partial charge in [0, 0.05) is 5.02 Å². The third kappa shape index (κ3) is 5.46. The molecule has 3 rings (SSSR count). The molecule has 2 N–H and O–H groups in total. The molecule has 0 aromatic heterocycles. The van der Waals surface area contributed by atoms with Crippen molar-refractivity contribution in [1.82, 2.24) is 10.6 Å². The molecule has 2 amide bonds. The van der Waals surface area contributed by atoms with Crippen molar-refractivity contribution in [2.45, 2.75) is 13.5 Å². The van der Waals surface area contributed by atoms with E-state index in [1.807, 2.05) is 19.1 Å². The Labute approximate surface area is 191 Å². The summed E-state index contributed by atoms with van der Waals surface area (Å²) in [6, 6.07) is 10.9. The van der Waals surface area contributed by atoms with Gasteiger partial charge in [0.05, 0.1) is 10.2 Å². The van der Waals surface area contributed by atoms with Gasteiger partial charge in [0.2, 0.25) is 0 Å². The summed E-state index contributed by atoms with van der Waals surface area (Å²) < 4.78 is 12.5. The molecule has 1 saturated heterocycles. The van der Waals surface area contributed by atoms with Gasteiger partial charge in [-0.15, -0.1) is 0 Å². The predicted octanol–water partition coefficient (Wildman–Crippen LogP) is 3.84. The Morgan fingerprint density at radius 3 is 2.38 bits per heavy atom. The second-order valence-electron chi connectivity index (χ2n) is 5.97. The van der Waals surface area contributed by atoms with E-state index in [2.05, 4.69) is 33.2 Å². The monoisotopic (exact) mass is 542 g/mol. The predicted molar refractivity (Wildman–Crippen MR) is 123 cm³/mol. The minimum Gasteiger partial charge on any atom is -0.490 e. The highest BCUT2D eigenvalue weighted by molar-refractivity contribution is 14.1. The number of hydrogen-bond donors (Lipinski definition) is 2. The molecule has 0 radical (unpaired) electrons. The van der Waals surface area contributed by atoms with Gasteiger partial charge in [-0.1, -0.05) is 23.7 Å². The van der Waals surface area contributed by atoms with E-state index in [0.29, 0.717) is 35.3 Å². The normalized spacial score (nSPS) is 13.6. The Bertz CT molecular complexity index is 986. The highest BCUT2D eigenvalue weighted by Crippen LogP contribution is 2.35. The molecule has 2 aromatic carbocycles. The number of rotatable bonds is 6. The van der Waals surface area contributed by atoms with Crippen molar-refractivity contribution >= 4 is 69.4 Å². The second kappa shape index (κ2) is 9.55. The lowest BCUT2D eigenvalue weighted by Gasteiger charge is -2.17. The Hall–Kier alpha value is -2.17. The number of carbonyl (C=O) groups excluding carboxylic acids is 2. The first-order valence-electron chi connectivity index (χ1n) is 8.59. The summed E-state index contributed by atoms with van der Waals surface area (Å²) in [7, 11) is 0. The number of carbonyl (C=O) groups is 2. The lowest BCUT2D eigenvalue weighted by molar-refractivity contribution is -0.123. The molecule has 0 spiro atoms. The van der Waals surface area contributed by atoms with E-state index in [1.54, 1.807) is 24.3 Å². The SMILES string of the molecule is CCOc1cc(C=C2C(=O)NC(=S)NC2=O)cc(I)c1OCc1ccc(Cl)cc1. The summed E-state index contributed by atoms with van der Waals surface area (Å²) in [6.45, 7) is 2.64. The summed E-state index contributed by atoms with van der Waals surface area (Å²) >= 11 is 12.9. The van der Waals surface area contributed by atoms with Crippen LogP contribution in [0.4, 0.5) is 0 Å². The molecule has 0 aliphatic carbocycles. The molecule has 0 saturated carbocycles. The third-order valence-electron chi connectivity index (χ3n) is 3.88. The highest BCUT2D eigenvalue weighted by Gasteiger charge is 2.26. The molecule has 1 heterocycles. The molecule has 1 aliphatic rings. The molecule has 29 heavy (non-hydrogen) atoms. The number of halogens is 2. The van der Waals surface area contributed by atoms with Crippen LogP contribution < -0.4 is 20.1 Å². The fourth-order valence-electron chi connectivity index (χ4n) is 2.58. The summed E-state index contributed by atoms with van der Waals surface area (Å²) in [6.07, 6.45) is 1.49. The zero-order valence-corrected chi connectivity index (χ0v) is 19.0. The molecule has 150 valence electrons. The van der Waals surface area contributed by atoms with Crippen LogP contribution in [-0.2, 0) is 16.2 Å². The highest BCUT2D eigenvalue weighted by atomic mass is 127. The molecule has 0 unspecified atom stereocenters. The average molecular weight is 543 g/mol. The topological polar surface area (TPSA) is 76.7 Å². The summed E-state index contributed by atoms with van der Waals surface area (Å²) in [5, 5.41) is 5.48. The first kappa shape index (κ1) is 21.5. The zero-order chi connectivity index (χ0) is 21.0. The minimum absolute atomic E-state index is 0.00677. The minimum atomic E-state index is -0.546. The van der Waals surface area contributed by atoms with Gasteiger partial charge in [-0.25, -0.2) is 0 Å². The number of thiocarbonyl (C=S) groups is 1. The van der Waals surface area contributed by atoms with Crippen LogP contribution in [0.25, 0.3) is 6.08 Å². The van der Waals surface area contributed by atoms with Crippen molar-refractivity contribution in [3.8, 4) is 11.5 Å². The van der Waals surface area contributed by atoms with E-state index in [1.165, 1.54) is 6.08 Å². The van der Waals surface area contributed by atoms with E-state index < -0.39 is 11.8 Å². The van der Waals surface area contributed by atoms with Crippen molar-refractivity contribution < 1.29 is 19.1 Å². The molecule has 2 aromatic rings. The standard InChI is InChI=1S/C20H16ClIN2O4S/c1-2-27-16-9-12(7-14-18(25)23-20(29)24-19(14)26)8-15(22)17(16)28-10-11-3-5-13(21)6-4-11/h3-9H,2,10H2,1H3,(H2,23,24,25,26,29). The Kier molecular flexibility index (Phi) is 7.09. The average Bonchev–Trinajstić information content (AvgIpc) is 2.65. The second-order valence-corrected chi connectivity index (χ2v) is 7.98. The number of hydrogen-bond acceptors (Lipinski definition) is 5. The Morgan fingerprint density at radius 1 is 1.10 bits per heavy atom. The summed E-state index contributed by atoms with van der Waals surface area (Å²) in [5.41, 5.74) is 1.56. The van der Waals surface area contributed by atoms with Gasteiger partial charge in [-0.05, 0) is 83.2 Å². The molecule has 6 nitrogen and oxygen atoms in total. The molecule has 0 bridgehead atoms. The maximum absolute atomic E-state index is 12.1. The van der Waals surface area contributed by atoms with Crippen molar-refractivity contribution in [3.63, 3.8) is 0 Å². The number of nitrogens with one attached hydrogen (secondary N) is 2. The third-order valence-corrected chi connectivity index (χ3v) is 5.14. The van der Waals surface area contributed by atoms with Crippen LogP contribution >= 0.6 is 46.4 Å². The molecule has 9 heteroatoms. The van der Waals surface area contributed by atoms with E-state index in [-0.39, 0.29) is 10.7 Å². The molecule has 1 fully saturated rings. The van der Waals surface area contributed by atoms with Gasteiger partial charge in [0.25, 0.3) is 11.8 Å². The quantitative estimate of drug-likeness (QED) is 0.251. The van der Waals surface area contributed by atoms with Gasteiger partial charge >= 0.3 is 0 Å². The first-order chi connectivity index (χ1) is 13.9.